The number of carbonyl (C=O) groups is 1. The summed E-state index contributed by atoms with van der Waals surface area (Å²) in [7, 11) is 3.03. The van der Waals surface area contributed by atoms with Crippen molar-refractivity contribution in [2.45, 2.75) is 6.92 Å². The maximum atomic E-state index is 11.6. The molecule has 0 unspecified atom stereocenters. The van der Waals surface area contributed by atoms with E-state index in [0.717, 1.165) is 5.69 Å². The second-order valence-electron chi connectivity index (χ2n) is 3.87. The zero-order chi connectivity index (χ0) is 13.3. The van der Waals surface area contributed by atoms with Crippen molar-refractivity contribution in [2.24, 2.45) is 5.73 Å². The minimum absolute atomic E-state index is 0.291. The molecule has 1 heterocycles. The van der Waals surface area contributed by atoms with Crippen LogP contribution in [0.4, 0.5) is 0 Å². The number of primary amides is 1. The molecule has 5 heteroatoms. The molecule has 2 aromatic rings. The number of nitrogens with zero attached hydrogens (tertiary/aromatic N) is 1. The Balaban J connectivity index is 2.94. The molecule has 1 amide bonds. The van der Waals surface area contributed by atoms with E-state index in [-0.39, 0.29) is 0 Å². The molecule has 0 saturated carbocycles. The molecule has 0 radical (unpaired) electrons. The average Bonchev–Trinajstić information content (AvgIpc) is 2.35. The number of amides is 1. The lowest BCUT2D eigenvalue weighted by molar-refractivity contribution is 0.0999. The Kier molecular flexibility index (Phi) is 3.06. The third-order valence-electron chi connectivity index (χ3n) is 2.71. The SMILES string of the molecule is COc1ccc2nc(C)cc(OC)c2c1C(N)=O. The van der Waals surface area contributed by atoms with Crippen LogP contribution in [0.25, 0.3) is 10.9 Å². The van der Waals surface area contributed by atoms with Gasteiger partial charge in [0, 0.05) is 11.8 Å². The Bertz CT molecular complexity index is 623. The van der Waals surface area contributed by atoms with Crippen LogP contribution in [-0.4, -0.2) is 25.1 Å². The zero-order valence-electron chi connectivity index (χ0n) is 10.5. The first kappa shape index (κ1) is 12.2. The second kappa shape index (κ2) is 4.52. The standard InChI is InChI=1S/C13H14N2O3/c1-7-6-10(18-3)11-8(15-7)4-5-9(17-2)12(11)13(14)16/h4-6H,1-3H3,(H2,14,16). The molecule has 5 nitrogen and oxygen atoms in total. The number of methoxy groups -OCH3 is 2. The molecule has 94 valence electrons. The highest BCUT2D eigenvalue weighted by Gasteiger charge is 2.18. The van der Waals surface area contributed by atoms with Crippen molar-refractivity contribution in [3.05, 3.63) is 29.5 Å². The molecule has 0 fully saturated rings. The molecular weight excluding hydrogens is 232 g/mol. The van der Waals surface area contributed by atoms with E-state index in [2.05, 4.69) is 4.98 Å². The van der Waals surface area contributed by atoms with Crippen LogP contribution in [0.2, 0.25) is 0 Å². The van der Waals surface area contributed by atoms with Gasteiger partial charge >= 0.3 is 0 Å². The van der Waals surface area contributed by atoms with Gasteiger partial charge in [0.25, 0.3) is 5.91 Å². The van der Waals surface area contributed by atoms with E-state index < -0.39 is 5.91 Å². The van der Waals surface area contributed by atoms with Gasteiger partial charge in [0.15, 0.2) is 0 Å². The van der Waals surface area contributed by atoms with E-state index in [1.54, 1.807) is 25.3 Å². The van der Waals surface area contributed by atoms with Crippen LogP contribution in [0.5, 0.6) is 11.5 Å². The third-order valence-corrected chi connectivity index (χ3v) is 2.71. The first-order valence-electron chi connectivity index (χ1n) is 5.40. The number of fused-ring (bicyclic) bond motifs is 1. The highest BCUT2D eigenvalue weighted by atomic mass is 16.5. The van der Waals surface area contributed by atoms with Crippen LogP contribution in [0.1, 0.15) is 16.1 Å². The molecule has 18 heavy (non-hydrogen) atoms. The second-order valence-corrected chi connectivity index (χ2v) is 3.87. The summed E-state index contributed by atoms with van der Waals surface area (Å²) in [5.74, 6) is 0.408. The summed E-state index contributed by atoms with van der Waals surface area (Å²) in [6, 6.07) is 5.21. The van der Waals surface area contributed by atoms with Crippen molar-refractivity contribution in [1.29, 1.82) is 0 Å². The number of carbonyl (C=O) groups excluding carboxylic acids is 1. The fourth-order valence-electron chi connectivity index (χ4n) is 1.98. The highest BCUT2D eigenvalue weighted by Crippen LogP contribution is 2.33. The van der Waals surface area contributed by atoms with Crippen LogP contribution in [-0.2, 0) is 0 Å². The average molecular weight is 246 g/mol. The normalized spacial score (nSPS) is 10.4. The fraction of sp³-hybridized carbons (Fsp3) is 0.231. The van der Waals surface area contributed by atoms with Crippen molar-refractivity contribution >= 4 is 16.8 Å². The van der Waals surface area contributed by atoms with Gasteiger partial charge in [0.2, 0.25) is 0 Å². The molecule has 0 saturated heterocycles. The van der Waals surface area contributed by atoms with Gasteiger partial charge < -0.3 is 15.2 Å². The number of aromatic nitrogens is 1. The van der Waals surface area contributed by atoms with Gasteiger partial charge in [-0.2, -0.15) is 0 Å². The van der Waals surface area contributed by atoms with Gasteiger partial charge in [-0.25, -0.2) is 0 Å². The van der Waals surface area contributed by atoms with E-state index in [4.69, 9.17) is 15.2 Å². The highest BCUT2D eigenvalue weighted by molar-refractivity contribution is 6.10. The molecule has 0 bridgehead atoms. The minimum atomic E-state index is -0.568. The van der Waals surface area contributed by atoms with Crippen LogP contribution in [0.15, 0.2) is 18.2 Å². The molecule has 2 N–H and O–H groups in total. The zero-order valence-corrected chi connectivity index (χ0v) is 10.5. The van der Waals surface area contributed by atoms with E-state index in [0.29, 0.717) is 28.0 Å². The van der Waals surface area contributed by atoms with Gasteiger partial charge in [0.05, 0.1) is 30.7 Å². The number of ether oxygens (including phenoxy) is 2. The molecule has 1 aromatic heterocycles. The number of benzene rings is 1. The number of aryl methyl sites for hydroxylation is 1. The van der Waals surface area contributed by atoms with E-state index in [1.165, 1.54) is 7.11 Å². The Morgan fingerprint density at radius 3 is 2.44 bits per heavy atom. The Morgan fingerprint density at radius 2 is 1.89 bits per heavy atom. The molecule has 0 aliphatic heterocycles. The number of hydrogen-bond donors (Lipinski definition) is 1. The lowest BCUT2D eigenvalue weighted by atomic mass is 10.0. The Hall–Kier alpha value is -2.30. The number of pyridine rings is 1. The predicted octanol–water partition coefficient (Wildman–Crippen LogP) is 1.66. The third kappa shape index (κ3) is 1.84. The summed E-state index contributed by atoms with van der Waals surface area (Å²) in [4.78, 5) is 16.0. The Labute approximate surface area is 105 Å². The number of nitrogens with two attached hydrogens (primary N) is 1. The predicted molar refractivity (Wildman–Crippen MR) is 68.1 cm³/mol. The maximum absolute atomic E-state index is 11.6. The van der Waals surface area contributed by atoms with E-state index >= 15 is 0 Å². The first-order chi connectivity index (χ1) is 8.58. The monoisotopic (exact) mass is 246 g/mol. The molecule has 0 atom stereocenters. The number of rotatable bonds is 3. The van der Waals surface area contributed by atoms with Gasteiger partial charge in [-0.3, -0.25) is 9.78 Å². The lowest BCUT2D eigenvalue weighted by Crippen LogP contribution is -2.14. The van der Waals surface area contributed by atoms with E-state index in [9.17, 15) is 4.79 Å². The first-order valence-corrected chi connectivity index (χ1v) is 5.40. The smallest absolute Gasteiger partial charge is 0.253 e. The lowest BCUT2D eigenvalue weighted by Gasteiger charge is -2.12. The topological polar surface area (TPSA) is 74.4 Å². The van der Waals surface area contributed by atoms with E-state index in [1.807, 2.05) is 6.92 Å². The van der Waals surface area contributed by atoms with Crippen LogP contribution in [0, 0.1) is 6.92 Å². The molecule has 1 aromatic carbocycles. The van der Waals surface area contributed by atoms with Crippen molar-refractivity contribution in [1.82, 2.24) is 4.98 Å². The summed E-state index contributed by atoms with van der Waals surface area (Å²) >= 11 is 0. The van der Waals surface area contributed by atoms with Crippen LogP contribution in [0.3, 0.4) is 0 Å². The van der Waals surface area contributed by atoms with Crippen molar-refractivity contribution in [2.75, 3.05) is 14.2 Å². The summed E-state index contributed by atoms with van der Waals surface area (Å²) < 4.78 is 10.5. The van der Waals surface area contributed by atoms with Gasteiger partial charge in [-0.1, -0.05) is 0 Å². The minimum Gasteiger partial charge on any atom is -0.496 e. The quantitative estimate of drug-likeness (QED) is 0.893. The summed E-state index contributed by atoms with van der Waals surface area (Å²) in [6.45, 7) is 1.86. The van der Waals surface area contributed by atoms with Crippen molar-refractivity contribution in [3.63, 3.8) is 0 Å². The van der Waals surface area contributed by atoms with Crippen molar-refractivity contribution in [3.8, 4) is 11.5 Å². The van der Waals surface area contributed by atoms with Gasteiger partial charge in [-0.05, 0) is 19.1 Å². The number of hydrogen-bond acceptors (Lipinski definition) is 4. The van der Waals surface area contributed by atoms with Crippen LogP contribution >= 0.6 is 0 Å². The molecular formula is C13H14N2O3. The molecule has 0 aliphatic carbocycles. The van der Waals surface area contributed by atoms with Gasteiger partial charge in [-0.15, -0.1) is 0 Å². The molecule has 0 aliphatic rings. The fourth-order valence-corrected chi connectivity index (χ4v) is 1.98. The summed E-state index contributed by atoms with van der Waals surface area (Å²) in [6.07, 6.45) is 0. The van der Waals surface area contributed by atoms with Gasteiger partial charge in [0.1, 0.15) is 11.5 Å². The Morgan fingerprint density at radius 1 is 1.22 bits per heavy atom. The van der Waals surface area contributed by atoms with Crippen molar-refractivity contribution < 1.29 is 14.3 Å². The largest absolute Gasteiger partial charge is 0.496 e. The summed E-state index contributed by atoms with van der Waals surface area (Å²) in [5.41, 5.74) is 7.17. The summed E-state index contributed by atoms with van der Waals surface area (Å²) in [5, 5.41) is 0.579. The maximum Gasteiger partial charge on any atom is 0.253 e. The molecule has 0 spiro atoms. The van der Waals surface area contributed by atoms with Crippen LogP contribution < -0.4 is 15.2 Å². The molecule has 2 rings (SSSR count).